The van der Waals surface area contributed by atoms with E-state index in [1.54, 1.807) is 0 Å². The summed E-state index contributed by atoms with van der Waals surface area (Å²) in [6.45, 7) is 4.59. The maximum atomic E-state index is 11.6. The van der Waals surface area contributed by atoms with E-state index in [1.807, 2.05) is 43.7 Å². The third-order valence-corrected chi connectivity index (χ3v) is 3.87. The van der Waals surface area contributed by atoms with E-state index in [0.717, 1.165) is 27.2 Å². The lowest BCUT2D eigenvalue weighted by Crippen LogP contribution is -2.12. The van der Waals surface area contributed by atoms with Crippen LogP contribution in [0.5, 0.6) is 5.75 Å². The summed E-state index contributed by atoms with van der Waals surface area (Å²) in [5.74, 6) is 0.790. The molecule has 19 heavy (non-hydrogen) atoms. The minimum Gasteiger partial charge on any atom is -0.494 e. The third-order valence-electron chi connectivity index (χ3n) is 2.78. The van der Waals surface area contributed by atoms with Crippen LogP contribution in [0.25, 0.3) is 10.2 Å². The van der Waals surface area contributed by atoms with Crippen LogP contribution >= 0.6 is 11.3 Å². The molecule has 0 saturated carbocycles. The van der Waals surface area contributed by atoms with E-state index in [9.17, 15) is 4.79 Å². The Kier molecular flexibility index (Phi) is 4.37. The summed E-state index contributed by atoms with van der Waals surface area (Å²) in [6, 6.07) is 5.93. The number of aryl methyl sites for hydroxylation is 1. The molecule has 2 rings (SSSR count). The lowest BCUT2D eigenvalue weighted by molar-refractivity contribution is -0.118. The Bertz CT molecular complexity index is 655. The third kappa shape index (κ3) is 3.04. The Labute approximate surface area is 116 Å². The van der Waals surface area contributed by atoms with Gasteiger partial charge in [-0.15, -0.1) is 0 Å². The van der Waals surface area contributed by atoms with Gasteiger partial charge >= 0.3 is 0 Å². The van der Waals surface area contributed by atoms with Crippen LogP contribution in [-0.2, 0) is 11.8 Å². The molecule has 0 aliphatic rings. The fourth-order valence-corrected chi connectivity index (χ4v) is 2.92. The molecule has 1 aromatic carbocycles. The molecule has 1 amide bonds. The number of hydrogen-bond donors (Lipinski definition) is 0. The van der Waals surface area contributed by atoms with Crippen LogP contribution in [-0.4, -0.2) is 17.1 Å². The highest BCUT2D eigenvalue weighted by atomic mass is 32.1. The van der Waals surface area contributed by atoms with Crippen LogP contribution in [0, 0.1) is 0 Å². The predicted octanol–water partition coefficient (Wildman–Crippen LogP) is 2.87. The van der Waals surface area contributed by atoms with Gasteiger partial charge in [0.05, 0.1) is 16.8 Å². The highest BCUT2D eigenvalue weighted by Gasteiger charge is 2.06. The van der Waals surface area contributed by atoms with E-state index >= 15 is 0 Å². The summed E-state index contributed by atoms with van der Waals surface area (Å²) in [5.41, 5.74) is 1.07. The Balaban J connectivity index is 2.47. The molecule has 0 atom stereocenters. The first-order valence-electron chi connectivity index (χ1n) is 6.45. The van der Waals surface area contributed by atoms with Crippen molar-refractivity contribution in [1.82, 2.24) is 4.57 Å². The zero-order valence-corrected chi connectivity index (χ0v) is 12.3. The molecule has 0 aliphatic carbocycles. The van der Waals surface area contributed by atoms with Gasteiger partial charge in [-0.2, -0.15) is 4.99 Å². The summed E-state index contributed by atoms with van der Waals surface area (Å²) in [5, 5.41) is 0. The fraction of sp³-hybridized carbons (Fsp3) is 0.429. The first-order chi connectivity index (χ1) is 9.15. The van der Waals surface area contributed by atoms with E-state index < -0.39 is 0 Å². The Morgan fingerprint density at radius 2 is 2.21 bits per heavy atom. The Morgan fingerprint density at radius 1 is 1.42 bits per heavy atom. The van der Waals surface area contributed by atoms with E-state index in [1.165, 1.54) is 11.3 Å². The largest absolute Gasteiger partial charge is 0.494 e. The molecule has 0 fully saturated rings. The SMILES string of the molecule is CCCC(=O)N=c1sc2cc(OCC)ccc2n1C. The molecule has 0 unspecified atom stereocenters. The number of ether oxygens (including phenoxy) is 1. The minimum atomic E-state index is -0.0605. The second kappa shape index (κ2) is 6.02. The zero-order valence-electron chi connectivity index (χ0n) is 11.5. The van der Waals surface area contributed by atoms with Crippen molar-refractivity contribution < 1.29 is 9.53 Å². The van der Waals surface area contributed by atoms with Crippen molar-refractivity contribution in [2.24, 2.45) is 12.0 Å². The number of amides is 1. The van der Waals surface area contributed by atoms with Crippen molar-refractivity contribution in [2.45, 2.75) is 26.7 Å². The lowest BCUT2D eigenvalue weighted by Gasteiger charge is -2.02. The summed E-state index contributed by atoms with van der Waals surface area (Å²) >= 11 is 1.51. The molecule has 4 nitrogen and oxygen atoms in total. The van der Waals surface area contributed by atoms with Gasteiger partial charge in [-0.05, 0) is 31.5 Å². The summed E-state index contributed by atoms with van der Waals surface area (Å²) in [6.07, 6.45) is 1.32. The van der Waals surface area contributed by atoms with Gasteiger partial charge in [-0.3, -0.25) is 4.79 Å². The van der Waals surface area contributed by atoms with Gasteiger partial charge in [0, 0.05) is 13.5 Å². The number of carbonyl (C=O) groups excluding carboxylic acids is 1. The summed E-state index contributed by atoms with van der Waals surface area (Å²) in [7, 11) is 1.93. The maximum absolute atomic E-state index is 11.6. The molecule has 0 N–H and O–H groups in total. The van der Waals surface area contributed by atoms with E-state index in [0.29, 0.717) is 13.0 Å². The van der Waals surface area contributed by atoms with Gasteiger partial charge in [0.2, 0.25) is 5.91 Å². The number of benzene rings is 1. The molecule has 5 heteroatoms. The Morgan fingerprint density at radius 3 is 2.89 bits per heavy atom. The molecule has 2 aromatic rings. The van der Waals surface area contributed by atoms with E-state index in [-0.39, 0.29) is 5.91 Å². The standard InChI is InChI=1S/C14H18N2O2S/c1-4-6-13(17)15-14-16(3)11-8-7-10(18-5-2)9-12(11)19-14/h7-9H,4-6H2,1-3H3. The molecule has 102 valence electrons. The molecule has 0 spiro atoms. The molecule has 0 saturated heterocycles. The topological polar surface area (TPSA) is 43.6 Å². The van der Waals surface area contributed by atoms with Gasteiger partial charge < -0.3 is 9.30 Å². The Hall–Kier alpha value is -1.62. The van der Waals surface area contributed by atoms with Crippen LogP contribution in [0.3, 0.4) is 0 Å². The highest BCUT2D eigenvalue weighted by molar-refractivity contribution is 7.16. The first kappa shape index (κ1) is 13.8. The van der Waals surface area contributed by atoms with Crippen LogP contribution in [0.15, 0.2) is 23.2 Å². The fourth-order valence-electron chi connectivity index (χ4n) is 1.85. The monoisotopic (exact) mass is 278 g/mol. The average molecular weight is 278 g/mol. The number of hydrogen-bond acceptors (Lipinski definition) is 3. The number of rotatable bonds is 4. The van der Waals surface area contributed by atoms with E-state index in [2.05, 4.69) is 4.99 Å². The second-order valence-electron chi connectivity index (χ2n) is 4.26. The number of nitrogens with zero attached hydrogens (tertiary/aromatic N) is 2. The summed E-state index contributed by atoms with van der Waals surface area (Å²) in [4.78, 5) is 16.5. The quantitative estimate of drug-likeness (QED) is 0.863. The van der Waals surface area contributed by atoms with Crippen molar-refractivity contribution in [3.63, 3.8) is 0 Å². The van der Waals surface area contributed by atoms with Crippen LogP contribution in [0.4, 0.5) is 0 Å². The normalized spacial score (nSPS) is 12.1. The number of fused-ring (bicyclic) bond motifs is 1. The molecule has 0 radical (unpaired) electrons. The number of carbonyl (C=O) groups is 1. The van der Waals surface area contributed by atoms with Gasteiger partial charge in [0.25, 0.3) is 0 Å². The van der Waals surface area contributed by atoms with Crippen molar-refractivity contribution >= 4 is 27.5 Å². The van der Waals surface area contributed by atoms with Crippen LogP contribution in [0.2, 0.25) is 0 Å². The zero-order chi connectivity index (χ0) is 13.8. The van der Waals surface area contributed by atoms with Crippen molar-refractivity contribution in [2.75, 3.05) is 6.61 Å². The number of aromatic nitrogens is 1. The molecule has 1 heterocycles. The molecule has 1 aromatic heterocycles. The summed E-state index contributed by atoms with van der Waals surface area (Å²) < 4.78 is 8.51. The molecule has 0 aliphatic heterocycles. The first-order valence-corrected chi connectivity index (χ1v) is 7.27. The highest BCUT2D eigenvalue weighted by Crippen LogP contribution is 2.22. The van der Waals surface area contributed by atoms with Gasteiger partial charge in [-0.25, -0.2) is 0 Å². The average Bonchev–Trinajstić information content (AvgIpc) is 2.67. The van der Waals surface area contributed by atoms with Crippen molar-refractivity contribution in [3.8, 4) is 5.75 Å². The van der Waals surface area contributed by atoms with Gasteiger partial charge in [-0.1, -0.05) is 18.3 Å². The van der Waals surface area contributed by atoms with Gasteiger partial charge in [0.1, 0.15) is 5.75 Å². The van der Waals surface area contributed by atoms with Gasteiger partial charge in [0.15, 0.2) is 4.80 Å². The predicted molar refractivity (Wildman–Crippen MR) is 77.4 cm³/mol. The molecular formula is C14H18N2O2S. The maximum Gasteiger partial charge on any atom is 0.248 e. The van der Waals surface area contributed by atoms with Crippen molar-refractivity contribution in [1.29, 1.82) is 0 Å². The second-order valence-corrected chi connectivity index (χ2v) is 5.27. The molecule has 0 bridgehead atoms. The van der Waals surface area contributed by atoms with E-state index in [4.69, 9.17) is 4.74 Å². The minimum absolute atomic E-state index is 0.0605. The van der Waals surface area contributed by atoms with Crippen LogP contribution in [0.1, 0.15) is 26.7 Å². The van der Waals surface area contributed by atoms with Crippen molar-refractivity contribution in [3.05, 3.63) is 23.0 Å². The smallest absolute Gasteiger partial charge is 0.248 e. The lowest BCUT2D eigenvalue weighted by atomic mass is 10.3. The van der Waals surface area contributed by atoms with Crippen LogP contribution < -0.4 is 9.54 Å². The number of thiazole rings is 1. The molecular weight excluding hydrogens is 260 g/mol.